The Labute approximate surface area is 176 Å². The highest BCUT2D eigenvalue weighted by atomic mass is 32.2. The van der Waals surface area contributed by atoms with Gasteiger partial charge in [0.05, 0.1) is 4.90 Å². The van der Waals surface area contributed by atoms with Gasteiger partial charge in [-0.05, 0) is 25.5 Å². The Hall–Kier alpha value is -1.96. The van der Waals surface area contributed by atoms with Crippen LogP contribution < -0.4 is 9.91 Å². The summed E-state index contributed by atoms with van der Waals surface area (Å²) in [6.45, 7) is 8.65. The van der Waals surface area contributed by atoms with E-state index >= 15 is 0 Å². The molecule has 29 heavy (non-hydrogen) atoms. The van der Waals surface area contributed by atoms with Gasteiger partial charge in [0.15, 0.2) is 0 Å². The van der Waals surface area contributed by atoms with Crippen LogP contribution in [0.2, 0.25) is 13.1 Å². The summed E-state index contributed by atoms with van der Waals surface area (Å²) in [4.78, 5) is 14.8. The van der Waals surface area contributed by atoms with Gasteiger partial charge in [-0.3, -0.25) is 4.79 Å². The lowest BCUT2D eigenvalue weighted by Crippen LogP contribution is -2.60. The molecule has 2 rings (SSSR count). The van der Waals surface area contributed by atoms with Crippen molar-refractivity contribution in [3.05, 3.63) is 60.2 Å². The molecule has 0 spiro atoms. The Kier molecular flexibility index (Phi) is 7.79. The molecule has 1 N–H and O–H groups in total. The van der Waals surface area contributed by atoms with Crippen molar-refractivity contribution in [2.75, 3.05) is 13.6 Å². The molecule has 0 saturated carbocycles. The lowest BCUT2D eigenvalue weighted by molar-refractivity contribution is -0.130. The van der Waals surface area contributed by atoms with Gasteiger partial charge in [-0.2, -0.15) is 0 Å². The zero-order chi connectivity index (χ0) is 21.7. The Morgan fingerprint density at radius 2 is 1.66 bits per heavy atom. The van der Waals surface area contributed by atoms with Crippen molar-refractivity contribution < 1.29 is 13.2 Å². The summed E-state index contributed by atoms with van der Waals surface area (Å²) in [7, 11) is -3.67. The summed E-state index contributed by atoms with van der Waals surface area (Å²) in [5.74, 6) is -0.0417. The monoisotopic (exact) mass is 432 g/mol. The van der Waals surface area contributed by atoms with E-state index < -0.39 is 18.1 Å². The molecule has 0 radical (unpaired) electrons. The standard InChI is InChI=1S/C22H32N2O3SSi/c1-6-22(29(4,5)20-10-8-7-9-11-20)24(3)21(25)16-17-23-28(26,27)19-14-12-18(2)13-15-19/h7-15,22-23H,6,16-17H2,1-5H3. The second-order valence-corrected chi connectivity index (χ2v) is 14.4. The molecular formula is C22H32N2O3SSi. The SMILES string of the molecule is CCC(N(C)C(=O)CCNS(=O)(=O)c1ccc(C)cc1)[Si](C)(C)c1ccccc1. The number of rotatable bonds is 9. The normalized spacial score (nSPS) is 13.1. The maximum atomic E-state index is 12.8. The first-order valence-electron chi connectivity index (χ1n) is 9.97. The highest BCUT2D eigenvalue weighted by Gasteiger charge is 2.36. The molecule has 0 saturated heterocycles. The van der Waals surface area contributed by atoms with E-state index in [9.17, 15) is 13.2 Å². The second-order valence-electron chi connectivity index (χ2n) is 7.98. The van der Waals surface area contributed by atoms with Crippen LogP contribution in [0.5, 0.6) is 0 Å². The fourth-order valence-corrected chi connectivity index (χ4v) is 8.37. The topological polar surface area (TPSA) is 66.5 Å². The Morgan fingerprint density at radius 1 is 1.07 bits per heavy atom. The molecule has 0 aromatic heterocycles. The van der Waals surface area contributed by atoms with Crippen LogP contribution in [0.25, 0.3) is 0 Å². The number of hydrogen-bond donors (Lipinski definition) is 1. The molecule has 2 aromatic carbocycles. The van der Waals surface area contributed by atoms with Crippen LogP contribution in [0.3, 0.4) is 0 Å². The minimum atomic E-state index is -3.61. The van der Waals surface area contributed by atoms with E-state index in [0.29, 0.717) is 0 Å². The van der Waals surface area contributed by atoms with E-state index in [1.54, 1.807) is 24.3 Å². The first kappa shape index (κ1) is 23.3. The smallest absolute Gasteiger partial charge is 0.240 e. The van der Waals surface area contributed by atoms with Crippen LogP contribution in [0.1, 0.15) is 25.3 Å². The first-order chi connectivity index (χ1) is 13.6. The van der Waals surface area contributed by atoms with Crippen molar-refractivity contribution in [2.24, 2.45) is 0 Å². The number of sulfonamides is 1. The van der Waals surface area contributed by atoms with E-state index in [1.165, 1.54) is 5.19 Å². The number of carbonyl (C=O) groups is 1. The summed E-state index contributed by atoms with van der Waals surface area (Å²) >= 11 is 0. The molecule has 0 aliphatic rings. The van der Waals surface area contributed by atoms with Crippen LogP contribution in [0, 0.1) is 6.92 Å². The third-order valence-electron chi connectivity index (χ3n) is 5.56. The summed E-state index contributed by atoms with van der Waals surface area (Å²) in [5.41, 5.74) is 1.14. The number of aryl methyl sites for hydroxylation is 1. The third-order valence-corrected chi connectivity index (χ3v) is 11.3. The molecule has 1 amide bonds. The number of nitrogens with one attached hydrogen (secondary N) is 1. The molecule has 158 valence electrons. The second kappa shape index (κ2) is 9.69. The lowest BCUT2D eigenvalue weighted by atomic mass is 10.2. The van der Waals surface area contributed by atoms with Crippen molar-refractivity contribution in [1.82, 2.24) is 9.62 Å². The number of hydrogen-bond acceptors (Lipinski definition) is 3. The van der Waals surface area contributed by atoms with Gasteiger partial charge in [-0.1, -0.05) is 73.2 Å². The fraction of sp³-hybridized carbons (Fsp3) is 0.409. The molecule has 0 aliphatic carbocycles. The van der Waals surface area contributed by atoms with Gasteiger partial charge in [0.2, 0.25) is 15.9 Å². The van der Waals surface area contributed by atoms with E-state index in [2.05, 4.69) is 36.9 Å². The van der Waals surface area contributed by atoms with Crippen LogP contribution >= 0.6 is 0 Å². The maximum Gasteiger partial charge on any atom is 0.240 e. The van der Waals surface area contributed by atoms with Crippen LogP contribution in [0.15, 0.2) is 59.5 Å². The molecule has 0 heterocycles. The molecule has 5 nitrogen and oxygen atoms in total. The van der Waals surface area contributed by atoms with Gasteiger partial charge in [0.1, 0.15) is 8.07 Å². The predicted octanol–water partition coefficient (Wildman–Crippen LogP) is 3.06. The summed E-state index contributed by atoms with van der Waals surface area (Å²) < 4.78 is 27.3. The molecule has 0 aliphatic heterocycles. The molecule has 1 unspecified atom stereocenters. The highest BCUT2D eigenvalue weighted by Crippen LogP contribution is 2.18. The van der Waals surface area contributed by atoms with Crippen molar-refractivity contribution in [3.63, 3.8) is 0 Å². The van der Waals surface area contributed by atoms with E-state index in [1.807, 2.05) is 37.1 Å². The average molecular weight is 433 g/mol. The van der Waals surface area contributed by atoms with E-state index in [-0.39, 0.29) is 29.4 Å². The summed E-state index contributed by atoms with van der Waals surface area (Å²) in [6, 6.07) is 17.0. The molecule has 0 fully saturated rings. The molecular weight excluding hydrogens is 400 g/mol. The van der Waals surface area contributed by atoms with Gasteiger partial charge in [0.25, 0.3) is 0 Å². The fourth-order valence-electron chi connectivity index (χ4n) is 3.77. The Balaban J connectivity index is 2.01. The molecule has 7 heteroatoms. The molecule has 1 atom stereocenters. The minimum absolute atomic E-state index is 0.0417. The zero-order valence-electron chi connectivity index (χ0n) is 18.0. The zero-order valence-corrected chi connectivity index (χ0v) is 19.8. The van der Waals surface area contributed by atoms with Gasteiger partial charge < -0.3 is 4.90 Å². The van der Waals surface area contributed by atoms with Gasteiger partial charge in [-0.15, -0.1) is 0 Å². The number of nitrogens with zero attached hydrogens (tertiary/aromatic N) is 1. The first-order valence-corrected chi connectivity index (χ1v) is 14.5. The summed E-state index contributed by atoms with van der Waals surface area (Å²) in [5, 5.41) is 1.31. The molecule has 2 aromatic rings. The van der Waals surface area contributed by atoms with Crippen LogP contribution in [-0.4, -0.2) is 46.6 Å². The van der Waals surface area contributed by atoms with Crippen LogP contribution in [0.4, 0.5) is 0 Å². The third kappa shape index (κ3) is 5.78. The highest BCUT2D eigenvalue weighted by molar-refractivity contribution is 7.89. The molecule has 0 bridgehead atoms. The minimum Gasteiger partial charge on any atom is -0.345 e. The van der Waals surface area contributed by atoms with E-state index in [0.717, 1.165) is 12.0 Å². The van der Waals surface area contributed by atoms with Crippen molar-refractivity contribution in [3.8, 4) is 0 Å². The van der Waals surface area contributed by atoms with Gasteiger partial charge in [-0.25, -0.2) is 13.1 Å². The number of benzene rings is 2. The average Bonchev–Trinajstić information content (AvgIpc) is 2.69. The predicted molar refractivity (Wildman–Crippen MR) is 121 cm³/mol. The Bertz CT molecular complexity index is 913. The van der Waals surface area contributed by atoms with Gasteiger partial charge in [0, 0.05) is 25.7 Å². The van der Waals surface area contributed by atoms with Gasteiger partial charge >= 0.3 is 0 Å². The van der Waals surface area contributed by atoms with E-state index in [4.69, 9.17) is 0 Å². The quantitative estimate of drug-likeness (QED) is 0.619. The number of amides is 1. The van der Waals surface area contributed by atoms with Crippen molar-refractivity contribution in [1.29, 1.82) is 0 Å². The maximum absolute atomic E-state index is 12.8. The van der Waals surface area contributed by atoms with Crippen molar-refractivity contribution in [2.45, 2.75) is 50.3 Å². The van der Waals surface area contributed by atoms with Crippen LogP contribution in [-0.2, 0) is 14.8 Å². The number of carbonyl (C=O) groups excluding carboxylic acids is 1. The Morgan fingerprint density at radius 3 is 2.21 bits per heavy atom. The largest absolute Gasteiger partial charge is 0.345 e. The van der Waals surface area contributed by atoms with Crippen molar-refractivity contribution >= 4 is 29.2 Å². The summed E-state index contributed by atoms with van der Waals surface area (Å²) in [6.07, 6.45) is 1.00. The lowest BCUT2D eigenvalue weighted by Gasteiger charge is -2.39.